The zero-order chi connectivity index (χ0) is 9.68. The average molecular weight is 246 g/mol. The largest absolute Gasteiger partial charge is 0.495 e. The summed E-state index contributed by atoms with van der Waals surface area (Å²) in [5.74, 6) is 0.780. The predicted octanol–water partition coefficient (Wildman–Crippen LogP) is 1.86. The lowest BCUT2D eigenvalue weighted by Crippen LogP contribution is -2.06. The minimum absolute atomic E-state index is 0.115. The van der Waals surface area contributed by atoms with Crippen molar-refractivity contribution in [2.75, 3.05) is 25.6 Å². The fourth-order valence-electron chi connectivity index (χ4n) is 0.996. The van der Waals surface area contributed by atoms with Gasteiger partial charge in [-0.25, -0.2) is 0 Å². The quantitative estimate of drug-likeness (QED) is 0.852. The summed E-state index contributed by atoms with van der Waals surface area (Å²) in [6.45, 7) is 0.648. The highest BCUT2D eigenvalue weighted by atomic mass is 79.9. The third kappa shape index (κ3) is 2.60. The van der Waals surface area contributed by atoms with Gasteiger partial charge < -0.3 is 15.2 Å². The van der Waals surface area contributed by atoms with E-state index in [-0.39, 0.29) is 6.61 Å². The fourth-order valence-corrected chi connectivity index (χ4v) is 1.56. The van der Waals surface area contributed by atoms with Gasteiger partial charge in [-0.1, -0.05) is 6.07 Å². The molecule has 72 valence electrons. The third-order valence-electron chi connectivity index (χ3n) is 1.61. The topological polar surface area (TPSA) is 41.5 Å². The van der Waals surface area contributed by atoms with Crippen LogP contribution in [0.5, 0.6) is 5.75 Å². The van der Waals surface area contributed by atoms with Gasteiger partial charge in [0.15, 0.2) is 0 Å². The molecule has 4 heteroatoms. The zero-order valence-corrected chi connectivity index (χ0v) is 8.97. The number of nitrogens with one attached hydrogen (secondary N) is 1. The number of anilines is 1. The lowest BCUT2D eigenvalue weighted by molar-refractivity contribution is 0.311. The summed E-state index contributed by atoms with van der Waals surface area (Å²) >= 11 is 3.40. The molecule has 1 rings (SSSR count). The summed E-state index contributed by atoms with van der Waals surface area (Å²) in [4.78, 5) is 0. The summed E-state index contributed by atoms with van der Waals surface area (Å²) in [6, 6.07) is 5.68. The molecule has 2 N–H and O–H groups in total. The normalized spacial score (nSPS) is 9.77. The SMILES string of the molecule is COc1cccc(NCCO)c1Br. The minimum atomic E-state index is 0.115. The maximum absolute atomic E-state index is 8.64. The molecular weight excluding hydrogens is 234 g/mol. The molecule has 0 heterocycles. The molecule has 0 aliphatic heterocycles. The van der Waals surface area contributed by atoms with Crippen molar-refractivity contribution in [3.8, 4) is 5.75 Å². The Hall–Kier alpha value is -0.740. The van der Waals surface area contributed by atoms with E-state index in [9.17, 15) is 0 Å². The van der Waals surface area contributed by atoms with Crippen molar-refractivity contribution >= 4 is 21.6 Å². The van der Waals surface area contributed by atoms with E-state index in [1.54, 1.807) is 7.11 Å². The smallest absolute Gasteiger partial charge is 0.135 e. The van der Waals surface area contributed by atoms with Gasteiger partial charge in [0.2, 0.25) is 0 Å². The van der Waals surface area contributed by atoms with Crippen molar-refractivity contribution in [3.63, 3.8) is 0 Å². The third-order valence-corrected chi connectivity index (χ3v) is 2.43. The molecule has 0 unspecified atom stereocenters. The minimum Gasteiger partial charge on any atom is -0.495 e. The van der Waals surface area contributed by atoms with Gasteiger partial charge in [-0.2, -0.15) is 0 Å². The summed E-state index contributed by atoms with van der Waals surface area (Å²) in [7, 11) is 1.62. The molecule has 0 radical (unpaired) electrons. The molecule has 1 aromatic rings. The van der Waals surface area contributed by atoms with Crippen LogP contribution < -0.4 is 10.1 Å². The number of aliphatic hydroxyl groups excluding tert-OH is 1. The number of ether oxygens (including phenoxy) is 1. The van der Waals surface area contributed by atoms with Crippen LogP contribution in [0.2, 0.25) is 0 Å². The van der Waals surface area contributed by atoms with Crippen LogP contribution in [0.3, 0.4) is 0 Å². The molecule has 0 spiro atoms. The Labute approximate surface area is 85.9 Å². The first kappa shape index (κ1) is 10.3. The number of halogens is 1. The van der Waals surface area contributed by atoms with Crippen LogP contribution in [0.1, 0.15) is 0 Å². The Morgan fingerprint density at radius 1 is 1.54 bits per heavy atom. The van der Waals surface area contributed by atoms with E-state index in [4.69, 9.17) is 9.84 Å². The molecular formula is C9H12BrNO2. The second-order valence-electron chi connectivity index (χ2n) is 2.47. The maximum atomic E-state index is 8.64. The summed E-state index contributed by atoms with van der Waals surface area (Å²) in [5, 5.41) is 11.7. The number of hydrogen-bond donors (Lipinski definition) is 2. The molecule has 0 saturated heterocycles. The second kappa shape index (κ2) is 5.09. The van der Waals surface area contributed by atoms with Crippen LogP contribution in [-0.2, 0) is 0 Å². The van der Waals surface area contributed by atoms with E-state index in [1.165, 1.54) is 0 Å². The summed E-state index contributed by atoms with van der Waals surface area (Å²) in [6.07, 6.45) is 0. The van der Waals surface area contributed by atoms with Gasteiger partial charge in [0.25, 0.3) is 0 Å². The lowest BCUT2D eigenvalue weighted by Gasteiger charge is -2.09. The van der Waals surface area contributed by atoms with Crippen LogP contribution in [0.25, 0.3) is 0 Å². The van der Waals surface area contributed by atoms with E-state index in [1.807, 2.05) is 18.2 Å². The highest BCUT2D eigenvalue weighted by Crippen LogP contribution is 2.31. The fraction of sp³-hybridized carbons (Fsp3) is 0.333. The molecule has 0 amide bonds. The molecule has 0 bridgehead atoms. The first-order chi connectivity index (χ1) is 6.29. The molecule has 0 aliphatic carbocycles. The van der Waals surface area contributed by atoms with Crippen LogP contribution >= 0.6 is 15.9 Å². The van der Waals surface area contributed by atoms with Crippen LogP contribution in [0.4, 0.5) is 5.69 Å². The molecule has 0 atom stereocenters. The molecule has 0 aliphatic rings. The Bertz CT molecular complexity index is 278. The Balaban J connectivity index is 2.81. The number of rotatable bonds is 4. The van der Waals surface area contributed by atoms with E-state index >= 15 is 0 Å². The van der Waals surface area contributed by atoms with Crippen molar-refractivity contribution in [2.24, 2.45) is 0 Å². The summed E-state index contributed by atoms with van der Waals surface area (Å²) in [5.41, 5.74) is 0.924. The Morgan fingerprint density at radius 2 is 2.31 bits per heavy atom. The van der Waals surface area contributed by atoms with Crippen molar-refractivity contribution in [1.82, 2.24) is 0 Å². The van der Waals surface area contributed by atoms with Gasteiger partial charge in [-0.3, -0.25) is 0 Å². The van der Waals surface area contributed by atoms with E-state index < -0.39 is 0 Å². The first-order valence-corrected chi connectivity index (χ1v) is 4.76. The van der Waals surface area contributed by atoms with E-state index in [0.717, 1.165) is 15.9 Å². The van der Waals surface area contributed by atoms with Crippen molar-refractivity contribution in [1.29, 1.82) is 0 Å². The molecule has 0 aromatic heterocycles. The van der Waals surface area contributed by atoms with Crippen molar-refractivity contribution in [2.45, 2.75) is 0 Å². The van der Waals surface area contributed by atoms with Gasteiger partial charge in [-0.05, 0) is 28.1 Å². The van der Waals surface area contributed by atoms with Crippen LogP contribution in [0.15, 0.2) is 22.7 Å². The Kier molecular flexibility index (Phi) is 4.05. The lowest BCUT2D eigenvalue weighted by atomic mass is 10.3. The zero-order valence-electron chi connectivity index (χ0n) is 7.38. The number of hydrogen-bond acceptors (Lipinski definition) is 3. The molecule has 1 aromatic carbocycles. The van der Waals surface area contributed by atoms with Gasteiger partial charge in [0, 0.05) is 6.54 Å². The maximum Gasteiger partial charge on any atom is 0.135 e. The number of aliphatic hydroxyl groups is 1. The van der Waals surface area contributed by atoms with Gasteiger partial charge in [0.05, 0.1) is 23.9 Å². The molecule has 0 fully saturated rings. The van der Waals surface area contributed by atoms with Crippen LogP contribution in [-0.4, -0.2) is 25.4 Å². The van der Waals surface area contributed by atoms with Crippen LogP contribution in [0, 0.1) is 0 Å². The van der Waals surface area contributed by atoms with E-state index in [0.29, 0.717) is 6.54 Å². The van der Waals surface area contributed by atoms with Gasteiger partial charge in [-0.15, -0.1) is 0 Å². The monoisotopic (exact) mass is 245 g/mol. The average Bonchev–Trinajstić information content (AvgIpc) is 2.16. The predicted molar refractivity (Wildman–Crippen MR) is 56.3 cm³/mol. The first-order valence-electron chi connectivity index (χ1n) is 3.97. The molecule has 3 nitrogen and oxygen atoms in total. The van der Waals surface area contributed by atoms with Crippen molar-refractivity contribution < 1.29 is 9.84 Å². The van der Waals surface area contributed by atoms with Gasteiger partial charge >= 0.3 is 0 Å². The summed E-state index contributed by atoms with van der Waals surface area (Å²) < 4.78 is 6.00. The molecule has 0 saturated carbocycles. The highest BCUT2D eigenvalue weighted by molar-refractivity contribution is 9.10. The highest BCUT2D eigenvalue weighted by Gasteiger charge is 2.03. The van der Waals surface area contributed by atoms with Crippen molar-refractivity contribution in [3.05, 3.63) is 22.7 Å². The van der Waals surface area contributed by atoms with Gasteiger partial charge in [0.1, 0.15) is 5.75 Å². The van der Waals surface area contributed by atoms with E-state index in [2.05, 4.69) is 21.2 Å². The number of benzene rings is 1. The standard InChI is InChI=1S/C9H12BrNO2/c1-13-8-4-2-3-7(9(8)10)11-5-6-12/h2-4,11-12H,5-6H2,1H3. The Morgan fingerprint density at radius 3 is 2.92 bits per heavy atom. The second-order valence-corrected chi connectivity index (χ2v) is 3.27. The molecule has 13 heavy (non-hydrogen) atoms. The number of methoxy groups -OCH3 is 1.